The van der Waals surface area contributed by atoms with Gasteiger partial charge in [0.25, 0.3) is 5.56 Å². The van der Waals surface area contributed by atoms with E-state index in [1.165, 1.54) is 14.0 Å². The summed E-state index contributed by atoms with van der Waals surface area (Å²) in [6.45, 7) is 3.12. The summed E-state index contributed by atoms with van der Waals surface area (Å²) in [6, 6.07) is 8.88. The maximum Gasteiger partial charge on any atom is 0.302 e. The van der Waals surface area contributed by atoms with Crippen molar-refractivity contribution in [3.05, 3.63) is 51.4 Å². The van der Waals surface area contributed by atoms with Gasteiger partial charge in [-0.2, -0.15) is 5.26 Å². The van der Waals surface area contributed by atoms with Crippen LogP contribution in [0.2, 0.25) is 0 Å². The zero-order valence-electron chi connectivity index (χ0n) is 13.1. The highest BCUT2D eigenvalue weighted by atomic mass is 16.5. The number of aryl methyl sites for hydroxylation is 1. The Morgan fingerprint density at radius 1 is 1.35 bits per heavy atom. The highest BCUT2D eigenvalue weighted by Crippen LogP contribution is 2.28. The second kappa shape index (κ2) is 6.79. The van der Waals surface area contributed by atoms with Crippen molar-refractivity contribution in [2.45, 2.75) is 20.5 Å². The van der Waals surface area contributed by atoms with Gasteiger partial charge in [0.1, 0.15) is 24.0 Å². The molecule has 0 saturated heterocycles. The topological polar surface area (TPSA) is 92.2 Å². The summed E-state index contributed by atoms with van der Waals surface area (Å²) in [5, 5.41) is 9.23. The molecule has 23 heavy (non-hydrogen) atoms. The Morgan fingerprint density at radius 2 is 2.09 bits per heavy atom. The number of esters is 1. The number of nitrogens with one attached hydrogen (secondary N) is 1. The van der Waals surface area contributed by atoms with Crippen LogP contribution in [0.3, 0.4) is 0 Å². The van der Waals surface area contributed by atoms with Gasteiger partial charge in [0.2, 0.25) is 0 Å². The Labute approximate surface area is 133 Å². The van der Waals surface area contributed by atoms with Gasteiger partial charge in [0.05, 0.1) is 7.11 Å². The Balaban J connectivity index is 2.57. The zero-order chi connectivity index (χ0) is 17.0. The van der Waals surface area contributed by atoms with E-state index in [4.69, 9.17) is 9.47 Å². The molecule has 0 saturated carbocycles. The normalized spacial score (nSPS) is 10.0. The molecule has 0 amide bonds. The lowest BCUT2D eigenvalue weighted by atomic mass is 9.99. The summed E-state index contributed by atoms with van der Waals surface area (Å²) in [4.78, 5) is 25.5. The molecule has 2 aromatic rings. The summed E-state index contributed by atoms with van der Waals surface area (Å²) < 4.78 is 10.3. The van der Waals surface area contributed by atoms with Gasteiger partial charge < -0.3 is 14.5 Å². The Kier molecular flexibility index (Phi) is 4.82. The van der Waals surface area contributed by atoms with Crippen molar-refractivity contribution in [1.82, 2.24) is 4.98 Å². The van der Waals surface area contributed by atoms with Crippen LogP contribution in [0.25, 0.3) is 11.1 Å². The second-order valence-electron chi connectivity index (χ2n) is 4.99. The molecule has 1 N–H and O–H groups in total. The number of hydrogen-bond donors (Lipinski definition) is 1. The number of H-pyrrole nitrogens is 1. The van der Waals surface area contributed by atoms with E-state index in [1.807, 2.05) is 6.07 Å². The van der Waals surface area contributed by atoms with Crippen LogP contribution in [0, 0.1) is 18.3 Å². The molecular formula is C17H16N2O4. The minimum Gasteiger partial charge on any atom is -0.496 e. The van der Waals surface area contributed by atoms with Crippen LogP contribution in [0.1, 0.15) is 23.7 Å². The van der Waals surface area contributed by atoms with E-state index in [0.717, 1.165) is 0 Å². The molecule has 0 atom stereocenters. The van der Waals surface area contributed by atoms with Gasteiger partial charge >= 0.3 is 5.97 Å². The highest BCUT2D eigenvalue weighted by molar-refractivity contribution is 5.72. The van der Waals surface area contributed by atoms with Crippen LogP contribution in [0.15, 0.2) is 29.1 Å². The summed E-state index contributed by atoms with van der Waals surface area (Å²) in [5.41, 5.74) is 2.13. The predicted molar refractivity (Wildman–Crippen MR) is 84.0 cm³/mol. The third kappa shape index (κ3) is 3.58. The average molecular weight is 312 g/mol. The van der Waals surface area contributed by atoms with Crippen molar-refractivity contribution < 1.29 is 14.3 Å². The van der Waals surface area contributed by atoms with Crippen molar-refractivity contribution in [2.24, 2.45) is 0 Å². The molecule has 1 aromatic heterocycles. The number of aromatic nitrogens is 1. The van der Waals surface area contributed by atoms with E-state index in [2.05, 4.69) is 4.98 Å². The second-order valence-corrected chi connectivity index (χ2v) is 4.99. The number of pyridine rings is 1. The molecule has 0 unspecified atom stereocenters. The lowest BCUT2D eigenvalue weighted by Crippen LogP contribution is -2.12. The van der Waals surface area contributed by atoms with E-state index < -0.39 is 11.5 Å². The lowest BCUT2D eigenvalue weighted by Gasteiger charge is -2.12. The van der Waals surface area contributed by atoms with Crippen molar-refractivity contribution >= 4 is 5.97 Å². The maximum absolute atomic E-state index is 11.9. The molecular weight excluding hydrogens is 296 g/mol. The molecule has 118 valence electrons. The zero-order valence-corrected chi connectivity index (χ0v) is 13.1. The van der Waals surface area contributed by atoms with Crippen molar-refractivity contribution in [1.29, 1.82) is 5.26 Å². The summed E-state index contributed by atoms with van der Waals surface area (Å²) in [7, 11) is 1.52. The van der Waals surface area contributed by atoms with Crippen molar-refractivity contribution in [2.75, 3.05) is 7.11 Å². The van der Waals surface area contributed by atoms with Gasteiger partial charge in [-0.3, -0.25) is 9.59 Å². The SMILES string of the molecule is COc1ccc(-c2cc(C)[nH]c(=O)c2C#N)cc1COC(C)=O. The Morgan fingerprint density at radius 3 is 2.70 bits per heavy atom. The van der Waals surface area contributed by atoms with E-state index in [1.54, 1.807) is 31.2 Å². The standard InChI is InChI=1S/C17H16N2O4/c1-10-6-14(15(8-18)17(21)19-10)12-4-5-16(22-3)13(7-12)9-23-11(2)20/h4-7H,9H2,1-3H3,(H,19,21). The van der Waals surface area contributed by atoms with Gasteiger partial charge in [-0.15, -0.1) is 0 Å². The monoisotopic (exact) mass is 312 g/mol. The number of carbonyl (C=O) groups is 1. The fraction of sp³-hybridized carbons (Fsp3) is 0.235. The highest BCUT2D eigenvalue weighted by Gasteiger charge is 2.13. The van der Waals surface area contributed by atoms with Crippen molar-refractivity contribution in [3.8, 4) is 22.9 Å². The molecule has 0 aliphatic heterocycles. The number of methoxy groups -OCH3 is 1. The number of aromatic amines is 1. The molecule has 2 rings (SSSR count). The van der Waals surface area contributed by atoms with E-state index >= 15 is 0 Å². The Hall–Kier alpha value is -3.07. The lowest BCUT2D eigenvalue weighted by molar-refractivity contribution is -0.142. The van der Waals surface area contributed by atoms with Crippen LogP contribution in [-0.4, -0.2) is 18.1 Å². The Bertz CT molecular complexity index is 847. The molecule has 0 aliphatic rings. The number of rotatable bonds is 4. The van der Waals surface area contributed by atoms with E-state index in [0.29, 0.717) is 28.1 Å². The number of ether oxygens (including phenoxy) is 2. The van der Waals surface area contributed by atoms with Gasteiger partial charge in [0.15, 0.2) is 0 Å². The third-order valence-corrected chi connectivity index (χ3v) is 3.30. The molecule has 0 spiro atoms. The number of carbonyl (C=O) groups excluding carboxylic acids is 1. The smallest absolute Gasteiger partial charge is 0.302 e. The average Bonchev–Trinajstić information content (AvgIpc) is 2.51. The molecule has 0 radical (unpaired) electrons. The van der Waals surface area contributed by atoms with Crippen molar-refractivity contribution in [3.63, 3.8) is 0 Å². The first-order valence-corrected chi connectivity index (χ1v) is 6.91. The van der Waals surface area contributed by atoms with Gasteiger partial charge in [-0.05, 0) is 30.7 Å². The molecule has 0 fully saturated rings. The fourth-order valence-corrected chi connectivity index (χ4v) is 2.27. The van der Waals surface area contributed by atoms with Gasteiger partial charge in [0, 0.05) is 23.7 Å². The molecule has 1 aromatic carbocycles. The van der Waals surface area contributed by atoms with Crippen LogP contribution < -0.4 is 10.3 Å². The van der Waals surface area contributed by atoms with E-state index in [-0.39, 0.29) is 12.2 Å². The molecule has 1 heterocycles. The van der Waals surface area contributed by atoms with Crippen LogP contribution in [-0.2, 0) is 16.1 Å². The summed E-state index contributed by atoms with van der Waals surface area (Å²) >= 11 is 0. The first-order valence-electron chi connectivity index (χ1n) is 6.91. The molecule has 0 aliphatic carbocycles. The van der Waals surface area contributed by atoms with Crippen LogP contribution in [0.4, 0.5) is 0 Å². The van der Waals surface area contributed by atoms with Gasteiger partial charge in [-0.25, -0.2) is 0 Å². The molecule has 6 nitrogen and oxygen atoms in total. The first kappa shape index (κ1) is 16.3. The number of hydrogen-bond acceptors (Lipinski definition) is 5. The third-order valence-electron chi connectivity index (χ3n) is 3.30. The van der Waals surface area contributed by atoms with Gasteiger partial charge in [-0.1, -0.05) is 6.07 Å². The quantitative estimate of drug-likeness (QED) is 0.874. The number of nitrogens with zero attached hydrogens (tertiary/aromatic N) is 1. The van der Waals surface area contributed by atoms with E-state index in [9.17, 15) is 14.9 Å². The largest absolute Gasteiger partial charge is 0.496 e. The molecule has 0 bridgehead atoms. The predicted octanol–water partition coefficient (Wildman–Crippen LogP) is 2.29. The number of benzene rings is 1. The maximum atomic E-state index is 11.9. The number of nitriles is 1. The summed E-state index contributed by atoms with van der Waals surface area (Å²) in [6.07, 6.45) is 0. The minimum atomic E-state index is -0.431. The van der Waals surface area contributed by atoms with Crippen LogP contribution >= 0.6 is 0 Å². The first-order chi connectivity index (χ1) is 11.0. The van der Waals surface area contributed by atoms with Crippen LogP contribution in [0.5, 0.6) is 5.75 Å². The minimum absolute atomic E-state index is 0.0409. The summed E-state index contributed by atoms with van der Waals surface area (Å²) in [5.74, 6) is 0.164. The fourth-order valence-electron chi connectivity index (χ4n) is 2.27. The molecule has 6 heteroatoms.